The second-order valence-corrected chi connectivity index (χ2v) is 7.60. The van der Waals surface area contributed by atoms with Crippen molar-refractivity contribution in [3.63, 3.8) is 0 Å². The molecule has 11 heteroatoms. The van der Waals surface area contributed by atoms with Crippen LogP contribution in [0.4, 0.5) is 31.1 Å². The SMILES string of the molecule is COc1ccc([C@@H](C)NC(=O)NC(c2ccc(C(F)(F)F)cc2)c2ncccc2C(F)(F)F)cc1. The van der Waals surface area contributed by atoms with E-state index in [2.05, 4.69) is 15.6 Å². The van der Waals surface area contributed by atoms with Crippen LogP contribution in [-0.4, -0.2) is 18.1 Å². The molecule has 35 heavy (non-hydrogen) atoms. The number of nitrogens with zero attached hydrogens (tertiary/aromatic N) is 1. The molecule has 2 N–H and O–H groups in total. The molecular weight excluding hydrogens is 476 g/mol. The highest BCUT2D eigenvalue weighted by Gasteiger charge is 2.37. The van der Waals surface area contributed by atoms with Gasteiger partial charge in [-0.1, -0.05) is 24.3 Å². The lowest BCUT2D eigenvalue weighted by molar-refractivity contribution is -0.139. The standard InChI is InChI=1S/C24H21F6N3O2/c1-14(15-7-11-18(35-2)12-8-15)32-22(34)33-20(16-5-9-17(10-6-16)23(25,26)27)21-19(24(28,29)30)4-3-13-31-21/h3-14,20H,1-2H3,(H2,32,33,34)/t14-,20?/m1/s1. The lowest BCUT2D eigenvalue weighted by Gasteiger charge is -2.24. The number of carbonyl (C=O) groups excluding carboxylic acids is 1. The Balaban J connectivity index is 1.92. The van der Waals surface area contributed by atoms with Gasteiger partial charge in [-0.25, -0.2) is 4.79 Å². The average molecular weight is 497 g/mol. The summed E-state index contributed by atoms with van der Waals surface area (Å²) in [4.78, 5) is 16.6. The smallest absolute Gasteiger partial charge is 0.418 e. The van der Waals surface area contributed by atoms with Gasteiger partial charge in [0.15, 0.2) is 0 Å². The molecule has 0 fully saturated rings. The van der Waals surface area contributed by atoms with Crippen molar-refractivity contribution >= 4 is 6.03 Å². The molecule has 5 nitrogen and oxygen atoms in total. The third kappa shape index (κ3) is 6.43. The summed E-state index contributed by atoms with van der Waals surface area (Å²) in [6.45, 7) is 1.66. The van der Waals surface area contributed by atoms with E-state index in [0.29, 0.717) is 11.3 Å². The molecule has 3 rings (SSSR count). The molecule has 0 aliphatic rings. The van der Waals surface area contributed by atoms with Crippen molar-refractivity contribution in [2.24, 2.45) is 0 Å². The van der Waals surface area contributed by atoms with Crippen LogP contribution in [-0.2, 0) is 12.4 Å². The summed E-state index contributed by atoms with van der Waals surface area (Å²) in [5.74, 6) is 0.600. The van der Waals surface area contributed by atoms with E-state index in [4.69, 9.17) is 4.74 Å². The van der Waals surface area contributed by atoms with Gasteiger partial charge in [0.2, 0.25) is 0 Å². The Morgan fingerprint density at radius 3 is 2.00 bits per heavy atom. The number of methoxy groups -OCH3 is 1. The number of nitrogens with one attached hydrogen (secondary N) is 2. The number of alkyl halides is 6. The van der Waals surface area contributed by atoms with E-state index in [-0.39, 0.29) is 5.56 Å². The Kier molecular flexibility index (Phi) is 7.57. The number of halogens is 6. The highest BCUT2D eigenvalue weighted by Crippen LogP contribution is 2.36. The second kappa shape index (κ2) is 10.2. The van der Waals surface area contributed by atoms with Crippen molar-refractivity contribution in [2.75, 3.05) is 7.11 Å². The summed E-state index contributed by atoms with van der Waals surface area (Å²) in [7, 11) is 1.50. The van der Waals surface area contributed by atoms with Crippen molar-refractivity contribution in [3.8, 4) is 5.75 Å². The summed E-state index contributed by atoms with van der Waals surface area (Å²) in [5, 5.41) is 5.04. The minimum atomic E-state index is -4.80. The van der Waals surface area contributed by atoms with Gasteiger partial charge in [-0.05, 0) is 54.4 Å². The van der Waals surface area contributed by atoms with Crippen LogP contribution in [0.15, 0.2) is 66.9 Å². The molecule has 3 aromatic rings. The van der Waals surface area contributed by atoms with E-state index in [9.17, 15) is 31.1 Å². The fourth-order valence-electron chi connectivity index (χ4n) is 3.41. The van der Waals surface area contributed by atoms with E-state index in [1.807, 2.05) is 0 Å². The monoisotopic (exact) mass is 497 g/mol. The Hall–Kier alpha value is -3.76. The number of rotatable bonds is 6. The molecule has 2 amide bonds. The lowest BCUT2D eigenvalue weighted by Crippen LogP contribution is -2.40. The van der Waals surface area contributed by atoms with Gasteiger partial charge in [0.1, 0.15) is 5.75 Å². The van der Waals surface area contributed by atoms with Crippen molar-refractivity contribution in [2.45, 2.75) is 31.4 Å². The van der Waals surface area contributed by atoms with E-state index in [1.54, 1.807) is 31.2 Å². The van der Waals surface area contributed by atoms with Crippen molar-refractivity contribution in [1.29, 1.82) is 0 Å². The molecule has 1 unspecified atom stereocenters. The topological polar surface area (TPSA) is 63.2 Å². The van der Waals surface area contributed by atoms with Crippen LogP contribution in [0.5, 0.6) is 5.75 Å². The zero-order chi connectivity index (χ0) is 25.8. The van der Waals surface area contributed by atoms with Crippen LogP contribution >= 0.6 is 0 Å². The summed E-state index contributed by atoms with van der Waals surface area (Å²) in [6, 6.07) is 9.28. The van der Waals surface area contributed by atoms with E-state index in [0.717, 1.165) is 42.6 Å². The number of hydrogen-bond donors (Lipinski definition) is 2. The van der Waals surface area contributed by atoms with Gasteiger partial charge in [-0.2, -0.15) is 26.3 Å². The van der Waals surface area contributed by atoms with E-state index >= 15 is 0 Å². The normalized spacial score (nSPS) is 13.6. The van der Waals surface area contributed by atoms with Gasteiger partial charge in [0.05, 0.1) is 36.0 Å². The van der Waals surface area contributed by atoms with Crippen LogP contribution in [0, 0.1) is 0 Å². The predicted octanol–water partition coefficient (Wildman–Crippen LogP) is 6.28. The Bertz CT molecular complexity index is 1150. The van der Waals surface area contributed by atoms with E-state index in [1.165, 1.54) is 7.11 Å². The number of benzene rings is 2. The highest BCUT2D eigenvalue weighted by atomic mass is 19.4. The van der Waals surface area contributed by atoms with Crippen molar-refractivity contribution in [1.82, 2.24) is 15.6 Å². The van der Waals surface area contributed by atoms with Crippen molar-refractivity contribution < 1.29 is 35.9 Å². The average Bonchev–Trinajstić information content (AvgIpc) is 2.81. The minimum Gasteiger partial charge on any atom is -0.497 e. The minimum absolute atomic E-state index is 0.00514. The third-order valence-electron chi connectivity index (χ3n) is 5.23. The zero-order valence-electron chi connectivity index (χ0n) is 18.5. The van der Waals surface area contributed by atoms with Gasteiger partial charge in [0.25, 0.3) is 0 Å². The van der Waals surface area contributed by atoms with Crippen LogP contribution in [0.2, 0.25) is 0 Å². The highest BCUT2D eigenvalue weighted by molar-refractivity contribution is 5.75. The van der Waals surface area contributed by atoms with Crippen LogP contribution in [0.25, 0.3) is 0 Å². The fourth-order valence-corrected chi connectivity index (χ4v) is 3.41. The molecule has 186 valence electrons. The summed E-state index contributed by atoms with van der Waals surface area (Å²) >= 11 is 0. The first-order chi connectivity index (χ1) is 16.4. The van der Waals surface area contributed by atoms with Gasteiger partial charge in [-0.3, -0.25) is 4.98 Å². The van der Waals surface area contributed by atoms with Gasteiger partial charge in [0, 0.05) is 6.20 Å². The first kappa shape index (κ1) is 25.9. The summed E-state index contributed by atoms with van der Waals surface area (Å²) < 4.78 is 85.0. The number of urea groups is 1. The Morgan fingerprint density at radius 2 is 1.46 bits per heavy atom. The maximum absolute atomic E-state index is 13.6. The number of pyridine rings is 1. The maximum atomic E-state index is 13.6. The van der Waals surface area contributed by atoms with Crippen molar-refractivity contribution in [3.05, 3.63) is 94.8 Å². The second-order valence-electron chi connectivity index (χ2n) is 7.60. The Morgan fingerprint density at radius 1 is 0.857 bits per heavy atom. The first-order valence-corrected chi connectivity index (χ1v) is 10.3. The van der Waals surface area contributed by atoms with Gasteiger partial charge < -0.3 is 15.4 Å². The molecule has 0 aliphatic heterocycles. The molecule has 0 bridgehead atoms. The molecule has 0 aliphatic carbocycles. The molecular formula is C24H21F6N3O2. The molecule has 0 spiro atoms. The molecule has 0 saturated carbocycles. The lowest BCUT2D eigenvalue weighted by atomic mass is 9.98. The quantitative estimate of drug-likeness (QED) is 0.394. The molecule has 0 saturated heterocycles. The number of amides is 2. The van der Waals surface area contributed by atoms with Crippen LogP contribution < -0.4 is 15.4 Å². The summed E-state index contributed by atoms with van der Waals surface area (Å²) in [6.07, 6.45) is -8.32. The number of ether oxygens (including phenoxy) is 1. The molecule has 1 aromatic heterocycles. The Labute approximate surface area is 197 Å². The molecule has 1 heterocycles. The number of carbonyl (C=O) groups is 1. The van der Waals surface area contributed by atoms with Gasteiger partial charge >= 0.3 is 18.4 Å². The first-order valence-electron chi connectivity index (χ1n) is 10.3. The molecule has 2 atom stereocenters. The number of aromatic nitrogens is 1. The zero-order valence-corrected chi connectivity index (χ0v) is 18.5. The van der Waals surface area contributed by atoms with Crippen LogP contribution in [0.3, 0.4) is 0 Å². The third-order valence-corrected chi connectivity index (χ3v) is 5.23. The molecule has 2 aromatic carbocycles. The molecule has 0 radical (unpaired) electrons. The summed E-state index contributed by atoms with van der Waals surface area (Å²) in [5.41, 5.74) is -1.95. The predicted molar refractivity (Wildman–Crippen MR) is 116 cm³/mol. The van der Waals surface area contributed by atoms with E-state index < -0.39 is 47.3 Å². The number of hydrogen-bond acceptors (Lipinski definition) is 3. The van der Waals surface area contributed by atoms with Crippen LogP contribution in [0.1, 0.15) is 47.0 Å². The van der Waals surface area contributed by atoms with Gasteiger partial charge in [-0.15, -0.1) is 0 Å². The fraction of sp³-hybridized carbons (Fsp3) is 0.250. The largest absolute Gasteiger partial charge is 0.497 e. The maximum Gasteiger partial charge on any atom is 0.418 e.